The van der Waals surface area contributed by atoms with Crippen LogP contribution in [0.3, 0.4) is 0 Å². The fraction of sp³-hybridized carbons (Fsp3) is 0.435. The number of thioether (sulfide) groups is 1. The summed E-state index contributed by atoms with van der Waals surface area (Å²) in [6.07, 6.45) is 1.62. The zero-order chi connectivity index (χ0) is 20.2. The van der Waals surface area contributed by atoms with Crippen molar-refractivity contribution in [2.45, 2.75) is 29.9 Å². The number of β-amino-alcohol motifs (C(OH)–C–C–N with tert-alkyl or cyclic N) is 1. The van der Waals surface area contributed by atoms with Gasteiger partial charge in [0.15, 0.2) is 6.61 Å². The Bertz CT molecular complexity index is 845. The zero-order valence-electron chi connectivity index (χ0n) is 16.8. The van der Waals surface area contributed by atoms with E-state index in [2.05, 4.69) is 23.1 Å². The largest absolute Gasteiger partial charge is 0.484 e. The maximum atomic E-state index is 12.9. The molecule has 6 heteroatoms. The minimum Gasteiger partial charge on any atom is -0.484 e. The van der Waals surface area contributed by atoms with Crippen molar-refractivity contribution in [2.75, 3.05) is 39.0 Å². The van der Waals surface area contributed by atoms with Crippen LogP contribution in [0.1, 0.15) is 23.6 Å². The molecule has 0 spiro atoms. The number of likely N-dealkylation sites (N-methyl/N-ethyl adjacent to an activating group) is 1. The molecule has 29 heavy (non-hydrogen) atoms. The van der Waals surface area contributed by atoms with Crippen molar-refractivity contribution >= 4 is 17.7 Å². The van der Waals surface area contributed by atoms with E-state index < -0.39 is 0 Å². The van der Waals surface area contributed by atoms with Gasteiger partial charge < -0.3 is 14.7 Å². The minimum absolute atomic E-state index is 0.0198. The second-order valence-electron chi connectivity index (χ2n) is 7.79. The quantitative estimate of drug-likeness (QED) is 0.758. The Kier molecular flexibility index (Phi) is 6.43. The SMILES string of the molecule is CN(C(=O)COc1ccc2c(c1)SCC2)[C@H](CN1CC[C@H](O)C1)c1ccccc1. The molecule has 2 aliphatic heterocycles. The van der Waals surface area contributed by atoms with Crippen molar-refractivity contribution in [3.8, 4) is 5.75 Å². The lowest BCUT2D eigenvalue weighted by Crippen LogP contribution is -2.40. The Balaban J connectivity index is 1.42. The van der Waals surface area contributed by atoms with Gasteiger partial charge in [-0.3, -0.25) is 9.69 Å². The predicted octanol–water partition coefficient (Wildman–Crippen LogP) is 2.98. The van der Waals surface area contributed by atoms with Crippen LogP contribution >= 0.6 is 11.8 Å². The molecule has 0 aliphatic carbocycles. The molecule has 5 nitrogen and oxygen atoms in total. The smallest absolute Gasteiger partial charge is 0.260 e. The minimum atomic E-state index is -0.270. The summed E-state index contributed by atoms with van der Waals surface area (Å²) in [6, 6.07) is 16.1. The number of aliphatic hydroxyl groups excluding tert-OH is 1. The van der Waals surface area contributed by atoms with Gasteiger partial charge in [-0.1, -0.05) is 36.4 Å². The Labute approximate surface area is 176 Å². The van der Waals surface area contributed by atoms with Gasteiger partial charge in [0.2, 0.25) is 0 Å². The van der Waals surface area contributed by atoms with E-state index in [9.17, 15) is 9.90 Å². The molecular formula is C23H28N2O3S. The molecule has 0 radical (unpaired) electrons. The summed E-state index contributed by atoms with van der Waals surface area (Å²) in [5.74, 6) is 1.82. The van der Waals surface area contributed by atoms with Crippen molar-refractivity contribution in [3.63, 3.8) is 0 Å². The normalized spacial score (nSPS) is 19.7. The van der Waals surface area contributed by atoms with Crippen LogP contribution in [0.2, 0.25) is 0 Å². The van der Waals surface area contributed by atoms with Crippen LogP contribution in [0.4, 0.5) is 0 Å². The number of nitrogens with zero attached hydrogens (tertiary/aromatic N) is 2. The summed E-state index contributed by atoms with van der Waals surface area (Å²) in [7, 11) is 1.84. The first kappa shape index (κ1) is 20.3. The third kappa shape index (κ3) is 4.94. The molecule has 1 fully saturated rings. The number of carbonyl (C=O) groups excluding carboxylic acids is 1. The molecule has 1 N–H and O–H groups in total. The molecule has 2 aromatic rings. The number of hydrogen-bond acceptors (Lipinski definition) is 5. The average Bonchev–Trinajstić information content (AvgIpc) is 3.38. The number of ether oxygens (including phenoxy) is 1. The highest BCUT2D eigenvalue weighted by molar-refractivity contribution is 7.99. The first-order valence-electron chi connectivity index (χ1n) is 10.2. The predicted molar refractivity (Wildman–Crippen MR) is 115 cm³/mol. The number of likely N-dealkylation sites (tertiary alicyclic amines) is 1. The van der Waals surface area contributed by atoms with Gasteiger partial charge in [0.05, 0.1) is 12.1 Å². The van der Waals surface area contributed by atoms with Gasteiger partial charge in [-0.2, -0.15) is 0 Å². The van der Waals surface area contributed by atoms with Crippen LogP contribution in [0, 0.1) is 0 Å². The third-order valence-corrected chi connectivity index (χ3v) is 6.85. The number of fused-ring (bicyclic) bond motifs is 1. The fourth-order valence-electron chi connectivity index (χ4n) is 4.01. The Morgan fingerprint density at radius 2 is 2.14 bits per heavy atom. The van der Waals surface area contributed by atoms with Crippen molar-refractivity contribution in [3.05, 3.63) is 59.7 Å². The van der Waals surface area contributed by atoms with Gasteiger partial charge in [-0.25, -0.2) is 0 Å². The molecular weight excluding hydrogens is 384 g/mol. The van der Waals surface area contributed by atoms with E-state index in [0.717, 1.165) is 36.5 Å². The number of hydrogen-bond donors (Lipinski definition) is 1. The van der Waals surface area contributed by atoms with E-state index in [4.69, 9.17) is 4.74 Å². The van der Waals surface area contributed by atoms with Crippen molar-refractivity contribution in [2.24, 2.45) is 0 Å². The molecule has 2 heterocycles. The number of amides is 1. The van der Waals surface area contributed by atoms with Crippen LogP contribution in [-0.4, -0.2) is 66.0 Å². The maximum absolute atomic E-state index is 12.9. The number of carbonyl (C=O) groups is 1. The standard InChI is InChI=1S/C23H28N2O3S/c1-24(23(27)16-28-20-8-7-18-10-12-29-22(18)13-20)21(17-5-3-2-4-6-17)15-25-11-9-19(26)14-25/h2-8,13,19,21,26H,9-12,14-16H2,1H3/t19-,21+/m0/s1. The molecule has 0 aromatic heterocycles. The molecule has 0 unspecified atom stereocenters. The van der Waals surface area contributed by atoms with Gasteiger partial charge in [0.25, 0.3) is 5.91 Å². The molecule has 2 aromatic carbocycles. The monoisotopic (exact) mass is 412 g/mol. The number of aryl methyl sites for hydroxylation is 1. The van der Waals surface area contributed by atoms with E-state index >= 15 is 0 Å². The van der Waals surface area contributed by atoms with E-state index in [0.29, 0.717) is 13.1 Å². The topological polar surface area (TPSA) is 53.0 Å². The van der Waals surface area contributed by atoms with Gasteiger partial charge in [0.1, 0.15) is 5.75 Å². The van der Waals surface area contributed by atoms with Crippen LogP contribution in [-0.2, 0) is 11.2 Å². The summed E-state index contributed by atoms with van der Waals surface area (Å²) in [5.41, 5.74) is 2.46. The van der Waals surface area contributed by atoms with E-state index in [1.165, 1.54) is 10.5 Å². The number of benzene rings is 2. The summed E-state index contributed by atoms with van der Waals surface area (Å²) >= 11 is 1.84. The van der Waals surface area contributed by atoms with Crippen molar-refractivity contribution < 1.29 is 14.6 Å². The van der Waals surface area contributed by atoms with Crippen molar-refractivity contribution in [1.29, 1.82) is 0 Å². The summed E-state index contributed by atoms with van der Waals surface area (Å²) in [6.45, 7) is 2.25. The molecule has 0 bridgehead atoms. The summed E-state index contributed by atoms with van der Waals surface area (Å²) < 4.78 is 5.83. The van der Waals surface area contributed by atoms with Crippen LogP contribution in [0.15, 0.2) is 53.4 Å². The van der Waals surface area contributed by atoms with Crippen LogP contribution < -0.4 is 4.74 Å². The van der Waals surface area contributed by atoms with Crippen LogP contribution in [0.5, 0.6) is 5.75 Å². The molecule has 2 aliphatic rings. The highest BCUT2D eigenvalue weighted by atomic mass is 32.2. The number of aliphatic hydroxyl groups is 1. The number of rotatable bonds is 7. The first-order valence-corrected chi connectivity index (χ1v) is 11.2. The van der Waals surface area contributed by atoms with Crippen LogP contribution in [0.25, 0.3) is 0 Å². The van der Waals surface area contributed by atoms with E-state index in [1.54, 1.807) is 4.90 Å². The Morgan fingerprint density at radius 3 is 2.90 bits per heavy atom. The lowest BCUT2D eigenvalue weighted by atomic mass is 10.0. The third-order valence-electron chi connectivity index (χ3n) is 5.75. The van der Waals surface area contributed by atoms with Crippen molar-refractivity contribution in [1.82, 2.24) is 9.80 Å². The van der Waals surface area contributed by atoms with E-state index in [-0.39, 0.29) is 24.7 Å². The van der Waals surface area contributed by atoms with Gasteiger partial charge in [-0.05, 0) is 36.1 Å². The summed E-state index contributed by atoms with van der Waals surface area (Å²) in [5, 5.41) is 9.86. The lowest BCUT2D eigenvalue weighted by Gasteiger charge is -2.32. The maximum Gasteiger partial charge on any atom is 0.260 e. The second kappa shape index (κ2) is 9.20. The fourth-order valence-corrected chi connectivity index (χ4v) is 5.10. The second-order valence-corrected chi connectivity index (χ2v) is 8.93. The highest BCUT2D eigenvalue weighted by Crippen LogP contribution is 2.34. The molecule has 2 atom stereocenters. The first-order chi connectivity index (χ1) is 14.1. The van der Waals surface area contributed by atoms with E-state index in [1.807, 2.05) is 49.1 Å². The lowest BCUT2D eigenvalue weighted by molar-refractivity contribution is -0.134. The van der Waals surface area contributed by atoms with Gasteiger partial charge in [0, 0.05) is 37.3 Å². The molecule has 0 saturated carbocycles. The molecule has 4 rings (SSSR count). The Hall–Kier alpha value is -2.02. The van der Waals surface area contributed by atoms with Gasteiger partial charge in [-0.15, -0.1) is 11.8 Å². The zero-order valence-corrected chi connectivity index (χ0v) is 17.6. The highest BCUT2D eigenvalue weighted by Gasteiger charge is 2.28. The summed E-state index contributed by atoms with van der Waals surface area (Å²) in [4.78, 5) is 18.2. The average molecular weight is 413 g/mol. The molecule has 154 valence electrons. The molecule has 1 saturated heterocycles. The van der Waals surface area contributed by atoms with Gasteiger partial charge >= 0.3 is 0 Å². The molecule has 1 amide bonds. The Morgan fingerprint density at radius 1 is 1.31 bits per heavy atom.